The van der Waals surface area contributed by atoms with Gasteiger partial charge in [-0.25, -0.2) is 4.98 Å². The van der Waals surface area contributed by atoms with Crippen LogP contribution in [0.25, 0.3) is 9.88 Å². The summed E-state index contributed by atoms with van der Waals surface area (Å²) in [6.45, 7) is 7.73. The van der Waals surface area contributed by atoms with Crippen LogP contribution in [-0.4, -0.2) is 55.1 Å². The van der Waals surface area contributed by atoms with Gasteiger partial charge in [-0.05, 0) is 36.1 Å². The Bertz CT molecular complexity index is 914. The summed E-state index contributed by atoms with van der Waals surface area (Å²) >= 11 is 3.16. The molecule has 1 aliphatic heterocycles. The van der Waals surface area contributed by atoms with Crippen LogP contribution in [0.1, 0.15) is 16.1 Å². The minimum atomic E-state index is -0.0857. The second kappa shape index (κ2) is 8.86. The molecule has 1 saturated heterocycles. The minimum Gasteiger partial charge on any atom is -0.369 e. The summed E-state index contributed by atoms with van der Waals surface area (Å²) in [5, 5.41) is 7.78. The average molecular weight is 413 g/mol. The van der Waals surface area contributed by atoms with Gasteiger partial charge in [-0.15, -0.1) is 22.7 Å². The van der Waals surface area contributed by atoms with E-state index in [-0.39, 0.29) is 5.91 Å². The Morgan fingerprint density at radius 2 is 2.00 bits per heavy atom. The molecule has 2 aromatic heterocycles. The van der Waals surface area contributed by atoms with E-state index in [0.717, 1.165) is 42.6 Å². The van der Waals surface area contributed by atoms with E-state index in [1.165, 1.54) is 22.6 Å². The van der Waals surface area contributed by atoms with Crippen molar-refractivity contribution >= 4 is 34.3 Å². The smallest absolute Gasteiger partial charge is 0.270 e. The molecule has 1 amide bonds. The van der Waals surface area contributed by atoms with Crippen LogP contribution in [-0.2, 0) is 0 Å². The van der Waals surface area contributed by atoms with Gasteiger partial charge in [0.05, 0.1) is 4.88 Å². The number of hydrogen-bond acceptors (Lipinski definition) is 6. The van der Waals surface area contributed by atoms with Crippen molar-refractivity contribution in [1.29, 1.82) is 0 Å². The molecule has 3 heterocycles. The van der Waals surface area contributed by atoms with E-state index in [1.807, 2.05) is 22.9 Å². The van der Waals surface area contributed by atoms with Crippen LogP contribution in [0.2, 0.25) is 0 Å². The zero-order chi connectivity index (χ0) is 19.3. The zero-order valence-corrected chi connectivity index (χ0v) is 17.6. The van der Waals surface area contributed by atoms with E-state index in [9.17, 15) is 4.79 Å². The molecule has 7 heteroatoms. The first-order valence-electron chi connectivity index (χ1n) is 9.50. The predicted octanol–water partition coefficient (Wildman–Crippen LogP) is 3.73. The molecule has 1 N–H and O–H groups in total. The number of anilines is 1. The summed E-state index contributed by atoms with van der Waals surface area (Å²) < 4.78 is 0. The number of carbonyl (C=O) groups excluding carboxylic acids is 1. The highest BCUT2D eigenvalue weighted by atomic mass is 32.1. The number of aromatic nitrogens is 1. The zero-order valence-electron chi connectivity index (χ0n) is 15.9. The molecule has 0 spiro atoms. The third-order valence-electron chi connectivity index (χ3n) is 4.92. The molecule has 4 rings (SSSR count). The minimum absolute atomic E-state index is 0.0857. The van der Waals surface area contributed by atoms with Crippen LogP contribution in [0.5, 0.6) is 0 Å². The Balaban J connectivity index is 1.21. The van der Waals surface area contributed by atoms with Crippen molar-refractivity contribution in [2.45, 2.75) is 6.92 Å². The summed E-state index contributed by atoms with van der Waals surface area (Å²) in [6.07, 6.45) is 0. The quantitative estimate of drug-likeness (QED) is 0.670. The lowest BCUT2D eigenvalue weighted by Gasteiger charge is -2.36. The number of hydrogen-bond donors (Lipinski definition) is 1. The maximum Gasteiger partial charge on any atom is 0.270 e. The van der Waals surface area contributed by atoms with Crippen molar-refractivity contribution in [1.82, 2.24) is 15.2 Å². The highest BCUT2D eigenvalue weighted by Crippen LogP contribution is 2.27. The molecular weight excluding hydrogens is 388 g/mol. The number of amides is 1. The lowest BCUT2D eigenvalue weighted by atomic mass is 10.2. The number of thiazole rings is 1. The van der Waals surface area contributed by atoms with E-state index in [4.69, 9.17) is 0 Å². The molecule has 0 radical (unpaired) electrons. The third-order valence-corrected chi connectivity index (χ3v) is 6.80. The van der Waals surface area contributed by atoms with E-state index in [0.29, 0.717) is 12.2 Å². The second-order valence-electron chi connectivity index (χ2n) is 6.94. The number of nitrogens with zero attached hydrogens (tertiary/aromatic N) is 3. The molecule has 3 aromatic rings. The largest absolute Gasteiger partial charge is 0.369 e. The molecule has 0 bridgehead atoms. The first-order valence-corrected chi connectivity index (χ1v) is 11.3. The van der Waals surface area contributed by atoms with E-state index in [2.05, 4.69) is 51.3 Å². The van der Waals surface area contributed by atoms with Gasteiger partial charge in [0, 0.05) is 50.3 Å². The third kappa shape index (κ3) is 4.60. The van der Waals surface area contributed by atoms with Gasteiger partial charge in [-0.3, -0.25) is 9.69 Å². The summed E-state index contributed by atoms with van der Waals surface area (Å²) in [6, 6.07) is 12.7. The Morgan fingerprint density at radius 3 is 2.75 bits per heavy atom. The number of thiophene rings is 1. The van der Waals surface area contributed by atoms with Crippen LogP contribution in [0.15, 0.2) is 47.2 Å². The highest BCUT2D eigenvalue weighted by Gasteiger charge is 2.18. The summed E-state index contributed by atoms with van der Waals surface area (Å²) in [5.41, 5.74) is 3.11. The van der Waals surface area contributed by atoms with Gasteiger partial charge < -0.3 is 10.2 Å². The summed E-state index contributed by atoms with van der Waals surface area (Å²) in [7, 11) is 0. The maximum absolute atomic E-state index is 12.3. The van der Waals surface area contributed by atoms with Gasteiger partial charge in [-0.1, -0.05) is 18.2 Å². The molecule has 1 fully saturated rings. The van der Waals surface area contributed by atoms with Gasteiger partial charge in [0.2, 0.25) is 0 Å². The Kier molecular flexibility index (Phi) is 6.04. The standard InChI is InChI=1S/C21H24N4OS2/c1-16-4-2-5-17(14-16)25-11-9-24(10-12-25)8-7-22-20(26)18-15-28-21(23-18)19-6-3-13-27-19/h2-6,13-15H,7-12H2,1H3,(H,22,26). The fraction of sp³-hybridized carbons (Fsp3) is 0.333. The van der Waals surface area contributed by atoms with Gasteiger partial charge in [0.15, 0.2) is 0 Å². The molecule has 0 saturated carbocycles. The Labute approximate surface area is 173 Å². The summed E-state index contributed by atoms with van der Waals surface area (Å²) in [4.78, 5) is 22.8. The first-order chi connectivity index (χ1) is 13.7. The molecule has 146 valence electrons. The van der Waals surface area contributed by atoms with Crippen LogP contribution >= 0.6 is 22.7 Å². The molecule has 0 atom stereocenters. The second-order valence-corrected chi connectivity index (χ2v) is 8.74. The topological polar surface area (TPSA) is 48.5 Å². The fourth-order valence-corrected chi connectivity index (χ4v) is 4.98. The van der Waals surface area contributed by atoms with Gasteiger partial charge >= 0.3 is 0 Å². The number of rotatable bonds is 6. The number of benzene rings is 1. The highest BCUT2D eigenvalue weighted by molar-refractivity contribution is 7.20. The van der Waals surface area contributed by atoms with Crippen LogP contribution in [0, 0.1) is 6.92 Å². The van der Waals surface area contributed by atoms with Crippen molar-refractivity contribution in [3.8, 4) is 9.88 Å². The van der Waals surface area contributed by atoms with Gasteiger partial charge in [0.1, 0.15) is 10.7 Å². The molecule has 0 aliphatic carbocycles. The Morgan fingerprint density at radius 1 is 1.14 bits per heavy atom. The number of nitrogens with one attached hydrogen (secondary N) is 1. The Hall–Kier alpha value is -2.22. The molecule has 1 aliphatic rings. The SMILES string of the molecule is Cc1cccc(N2CCN(CCNC(=O)c3csc(-c4cccs4)n3)CC2)c1. The predicted molar refractivity (Wildman–Crippen MR) is 118 cm³/mol. The van der Waals surface area contributed by atoms with Gasteiger partial charge in [-0.2, -0.15) is 0 Å². The molecule has 28 heavy (non-hydrogen) atoms. The monoisotopic (exact) mass is 412 g/mol. The average Bonchev–Trinajstić information content (AvgIpc) is 3.40. The van der Waals surface area contributed by atoms with E-state index < -0.39 is 0 Å². The van der Waals surface area contributed by atoms with E-state index >= 15 is 0 Å². The molecule has 0 unspecified atom stereocenters. The van der Waals surface area contributed by atoms with E-state index in [1.54, 1.807) is 11.3 Å². The van der Waals surface area contributed by atoms with Crippen molar-refractivity contribution in [3.63, 3.8) is 0 Å². The normalized spacial score (nSPS) is 15.0. The van der Waals surface area contributed by atoms with Crippen molar-refractivity contribution < 1.29 is 4.79 Å². The fourth-order valence-electron chi connectivity index (χ4n) is 3.36. The van der Waals surface area contributed by atoms with Crippen LogP contribution in [0.4, 0.5) is 5.69 Å². The van der Waals surface area contributed by atoms with Crippen molar-refractivity contribution in [3.05, 3.63) is 58.4 Å². The number of aryl methyl sites for hydroxylation is 1. The van der Waals surface area contributed by atoms with Crippen LogP contribution in [0.3, 0.4) is 0 Å². The number of piperazine rings is 1. The first kappa shape index (κ1) is 19.1. The molecular formula is C21H24N4OS2. The van der Waals surface area contributed by atoms with Crippen molar-refractivity contribution in [2.75, 3.05) is 44.2 Å². The summed E-state index contributed by atoms with van der Waals surface area (Å²) in [5.74, 6) is -0.0857. The van der Waals surface area contributed by atoms with Crippen LogP contribution < -0.4 is 10.2 Å². The molecule has 1 aromatic carbocycles. The number of carbonyl (C=O) groups is 1. The van der Waals surface area contributed by atoms with Gasteiger partial charge in [0.25, 0.3) is 5.91 Å². The maximum atomic E-state index is 12.3. The lowest BCUT2D eigenvalue weighted by Crippen LogP contribution is -2.48. The van der Waals surface area contributed by atoms with Crippen molar-refractivity contribution in [2.24, 2.45) is 0 Å². The molecule has 5 nitrogen and oxygen atoms in total. The lowest BCUT2D eigenvalue weighted by molar-refractivity contribution is 0.0943.